The molecular formula is C14H22N6OS. The van der Waals surface area contributed by atoms with Crippen molar-refractivity contribution in [3.05, 3.63) is 41.3 Å². The lowest BCUT2D eigenvalue weighted by Crippen LogP contribution is -2.50. The monoisotopic (exact) mass is 322 g/mol. The molecule has 1 aromatic carbocycles. The minimum Gasteiger partial charge on any atom is -0.398 e. The number of thioether (sulfide) groups is 1. The first-order valence-corrected chi connectivity index (χ1v) is 8.11. The smallest absolute Gasteiger partial charge is 0.254 e. The third kappa shape index (κ3) is 5.00. The van der Waals surface area contributed by atoms with Crippen LogP contribution in [0, 0.1) is 0 Å². The van der Waals surface area contributed by atoms with Crippen molar-refractivity contribution in [2.75, 3.05) is 19.0 Å². The molecule has 1 aliphatic rings. The number of hydrogen-bond acceptors (Lipinski definition) is 7. The summed E-state index contributed by atoms with van der Waals surface area (Å²) in [6.07, 6.45) is -0.393. The van der Waals surface area contributed by atoms with E-state index in [1.807, 2.05) is 35.7 Å². The van der Waals surface area contributed by atoms with E-state index in [2.05, 4.69) is 21.5 Å². The molecule has 2 atom stereocenters. The Morgan fingerprint density at radius 3 is 2.77 bits per heavy atom. The van der Waals surface area contributed by atoms with Crippen molar-refractivity contribution in [2.24, 2.45) is 11.5 Å². The van der Waals surface area contributed by atoms with Gasteiger partial charge in [-0.05, 0) is 11.0 Å². The van der Waals surface area contributed by atoms with Crippen LogP contribution in [-0.2, 0) is 4.79 Å². The first kappa shape index (κ1) is 16.8. The number of hydrogen-bond donors (Lipinski definition) is 6. The summed E-state index contributed by atoms with van der Waals surface area (Å²) >= 11 is 1.60. The van der Waals surface area contributed by atoms with Crippen molar-refractivity contribution >= 4 is 23.4 Å². The molecule has 2 unspecified atom stereocenters. The Morgan fingerprint density at radius 1 is 1.32 bits per heavy atom. The average molecular weight is 322 g/mol. The number of amides is 1. The van der Waals surface area contributed by atoms with E-state index in [1.165, 1.54) is 0 Å². The Bertz CT molecular complexity index is 509. The molecule has 1 amide bonds. The summed E-state index contributed by atoms with van der Waals surface area (Å²) in [4.78, 5) is 11.4. The van der Waals surface area contributed by atoms with Gasteiger partial charge in [-0.25, -0.2) is 5.43 Å². The van der Waals surface area contributed by atoms with Crippen LogP contribution < -0.4 is 33.0 Å². The Hall–Kier alpha value is -1.58. The molecule has 0 aromatic heterocycles. The van der Waals surface area contributed by atoms with Crippen LogP contribution in [-0.4, -0.2) is 37.1 Å². The van der Waals surface area contributed by atoms with Gasteiger partial charge in [0.2, 0.25) is 0 Å². The second-order valence-electron chi connectivity index (χ2n) is 4.84. The van der Waals surface area contributed by atoms with Gasteiger partial charge in [-0.2, -0.15) is 0 Å². The van der Waals surface area contributed by atoms with E-state index in [-0.39, 0.29) is 11.9 Å². The standard InChI is InChI=1S/C14H22N6OS/c15-11(10-4-2-1-3-5-10)8-22-9-17-6-7-18-12-13(16)19-20-14(12)21/h1-5,8,12-13,17-19H,6-7,9,15-16H2,(H,20,21)/b11-8-. The third-order valence-corrected chi connectivity index (χ3v) is 3.96. The number of hydrazine groups is 1. The van der Waals surface area contributed by atoms with Gasteiger partial charge in [0, 0.05) is 24.7 Å². The van der Waals surface area contributed by atoms with Crippen molar-refractivity contribution in [2.45, 2.75) is 12.2 Å². The van der Waals surface area contributed by atoms with Crippen LogP contribution in [0.1, 0.15) is 5.56 Å². The zero-order valence-corrected chi connectivity index (χ0v) is 13.0. The molecule has 0 aliphatic carbocycles. The average Bonchev–Trinajstić information content (AvgIpc) is 2.86. The highest BCUT2D eigenvalue weighted by Crippen LogP contribution is 2.12. The number of rotatable bonds is 8. The highest BCUT2D eigenvalue weighted by atomic mass is 32.2. The fourth-order valence-corrected chi connectivity index (χ4v) is 2.64. The summed E-state index contributed by atoms with van der Waals surface area (Å²) in [5.41, 5.74) is 18.6. The third-order valence-electron chi connectivity index (χ3n) is 3.17. The van der Waals surface area contributed by atoms with Crippen LogP contribution in [0.25, 0.3) is 5.70 Å². The molecule has 2 rings (SSSR count). The molecule has 1 fully saturated rings. The fraction of sp³-hybridized carbons (Fsp3) is 0.357. The molecule has 8 heteroatoms. The maximum absolute atomic E-state index is 11.4. The van der Waals surface area contributed by atoms with Crippen molar-refractivity contribution in [1.82, 2.24) is 21.5 Å². The second kappa shape index (κ2) is 8.76. The van der Waals surface area contributed by atoms with Crippen molar-refractivity contribution in [1.29, 1.82) is 0 Å². The fourth-order valence-electron chi connectivity index (χ4n) is 1.98. The van der Waals surface area contributed by atoms with Crippen LogP contribution in [0.15, 0.2) is 35.7 Å². The molecule has 0 saturated carbocycles. The normalized spacial score (nSPS) is 21.9. The first-order valence-electron chi connectivity index (χ1n) is 7.06. The van der Waals surface area contributed by atoms with Gasteiger partial charge in [0.1, 0.15) is 6.04 Å². The van der Waals surface area contributed by atoms with Gasteiger partial charge in [0.15, 0.2) is 0 Å². The summed E-state index contributed by atoms with van der Waals surface area (Å²) in [5, 5.41) is 8.28. The zero-order chi connectivity index (χ0) is 15.8. The highest BCUT2D eigenvalue weighted by molar-refractivity contribution is 8.02. The minimum atomic E-state index is -0.393. The minimum absolute atomic E-state index is 0.125. The van der Waals surface area contributed by atoms with Gasteiger partial charge in [-0.1, -0.05) is 30.3 Å². The van der Waals surface area contributed by atoms with Gasteiger partial charge < -0.3 is 22.1 Å². The summed E-state index contributed by atoms with van der Waals surface area (Å²) < 4.78 is 0. The van der Waals surface area contributed by atoms with Crippen LogP contribution in [0.3, 0.4) is 0 Å². The predicted molar refractivity (Wildman–Crippen MR) is 90.1 cm³/mol. The van der Waals surface area contributed by atoms with Crippen molar-refractivity contribution in [3.63, 3.8) is 0 Å². The molecule has 1 aliphatic heterocycles. The van der Waals surface area contributed by atoms with E-state index in [0.29, 0.717) is 6.54 Å². The lowest BCUT2D eigenvalue weighted by Gasteiger charge is -2.13. The lowest BCUT2D eigenvalue weighted by atomic mass is 10.2. The van der Waals surface area contributed by atoms with E-state index in [0.717, 1.165) is 23.7 Å². The van der Waals surface area contributed by atoms with E-state index < -0.39 is 6.17 Å². The summed E-state index contributed by atoms with van der Waals surface area (Å²) in [7, 11) is 0. The molecule has 1 heterocycles. The number of benzene rings is 1. The quantitative estimate of drug-likeness (QED) is 0.271. The molecule has 0 bridgehead atoms. The SMILES string of the molecule is N/C(=C\SCNCCNC1C(=O)NNC1N)c1ccccc1. The van der Waals surface area contributed by atoms with Crippen LogP contribution in [0.5, 0.6) is 0 Å². The van der Waals surface area contributed by atoms with Gasteiger partial charge >= 0.3 is 0 Å². The molecule has 7 nitrogen and oxygen atoms in total. The van der Waals surface area contributed by atoms with Gasteiger partial charge in [-0.15, -0.1) is 11.8 Å². The molecule has 1 saturated heterocycles. The van der Waals surface area contributed by atoms with Crippen LogP contribution >= 0.6 is 11.8 Å². The number of carbonyl (C=O) groups is 1. The Morgan fingerprint density at radius 2 is 2.09 bits per heavy atom. The van der Waals surface area contributed by atoms with Crippen molar-refractivity contribution in [3.8, 4) is 0 Å². The summed E-state index contributed by atoms with van der Waals surface area (Å²) in [6, 6.07) is 9.46. The molecule has 0 radical (unpaired) electrons. The van der Waals surface area contributed by atoms with Crippen LogP contribution in [0.2, 0.25) is 0 Å². The van der Waals surface area contributed by atoms with Gasteiger partial charge in [-0.3, -0.25) is 10.2 Å². The number of carbonyl (C=O) groups excluding carboxylic acids is 1. The summed E-state index contributed by atoms with van der Waals surface area (Å²) in [5.74, 6) is 0.622. The molecule has 22 heavy (non-hydrogen) atoms. The van der Waals surface area contributed by atoms with E-state index in [1.54, 1.807) is 11.8 Å². The van der Waals surface area contributed by atoms with E-state index in [4.69, 9.17) is 11.5 Å². The molecule has 0 spiro atoms. The van der Waals surface area contributed by atoms with Crippen molar-refractivity contribution < 1.29 is 4.79 Å². The zero-order valence-electron chi connectivity index (χ0n) is 12.2. The molecule has 8 N–H and O–H groups in total. The first-order chi connectivity index (χ1) is 10.7. The highest BCUT2D eigenvalue weighted by Gasteiger charge is 2.30. The number of nitrogens with one attached hydrogen (secondary N) is 4. The Balaban J connectivity index is 1.57. The Kier molecular flexibility index (Phi) is 6.69. The van der Waals surface area contributed by atoms with E-state index >= 15 is 0 Å². The maximum Gasteiger partial charge on any atom is 0.254 e. The van der Waals surface area contributed by atoms with Gasteiger partial charge in [0.25, 0.3) is 5.91 Å². The number of nitrogens with two attached hydrogens (primary N) is 2. The second-order valence-corrected chi connectivity index (χ2v) is 5.70. The Labute approximate surface area is 134 Å². The molecule has 120 valence electrons. The van der Waals surface area contributed by atoms with Gasteiger partial charge in [0.05, 0.1) is 6.17 Å². The molecular weight excluding hydrogens is 300 g/mol. The van der Waals surface area contributed by atoms with E-state index in [9.17, 15) is 4.79 Å². The summed E-state index contributed by atoms with van der Waals surface area (Å²) in [6.45, 7) is 1.40. The lowest BCUT2D eigenvalue weighted by molar-refractivity contribution is -0.121. The van der Waals surface area contributed by atoms with Crippen LogP contribution in [0.4, 0.5) is 0 Å². The predicted octanol–water partition coefficient (Wildman–Crippen LogP) is -0.899. The largest absolute Gasteiger partial charge is 0.398 e. The maximum atomic E-state index is 11.4. The topological polar surface area (TPSA) is 117 Å². The molecule has 1 aromatic rings.